The lowest BCUT2D eigenvalue weighted by Gasteiger charge is -2.30. The number of guanidine groups is 1. The first kappa shape index (κ1) is 34.0. The van der Waals surface area contributed by atoms with Crippen LogP contribution in [0, 0.1) is 11.3 Å². The van der Waals surface area contributed by atoms with E-state index in [-0.39, 0.29) is 38.4 Å². The topological polar surface area (TPSA) is 282 Å². The van der Waals surface area contributed by atoms with E-state index in [4.69, 9.17) is 16.9 Å². The quantitative estimate of drug-likeness (QED) is 0.0478. The summed E-state index contributed by atoms with van der Waals surface area (Å²) in [6.45, 7) is 2.19. The third-order valence-electron chi connectivity index (χ3n) is 6.13. The Labute approximate surface area is 231 Å². The van der Waals surface area contributed by atoms with Crippen molar-refractivity contribution in [1.29, 1.82) is 5.41 Å². The molecule has 17 nitrogen and oxygen atoms in total. The molecule has 1 rings (SSSR count). The minimum atomic E-state index is -1.37. The van der Waals surface area contributed by atoms with Crippen molar-refractivity contribution in [1.82, 2.24) is 31.5 Å². The lowest BCUT2D eigenvalue weighted by molar-refractivity contribution is -0.144. The van der Waals surface area contributed by atoms with Crippen LogP contribution in [0.25, 0.3) is 0 Å². The molecule has 0 spiro atoms. The van der Waals surface area contributed by atoms with Crippen LogP contribution in [-0.4, -0.2) is 114 Å². The molecule has 1 fully saturated rings. The maximum atomic E-state index is 13.2. The summed E-state index contributed by atoms with van der Waals surface area (Å²) in [4.78, 5) is 75.3. The molecule has 0 aliphatic carbocycles. The standard InChI is InChI=1S/C23H41N9O8/c1-12(2)18(20(37)30-13(22(39)40)5-3-7-27-23(25)26)31-19(36)15-6-4-8-32(15)21(38)14(11-33)29-17(35)10-28-16(34)9-24/h12-15,18,33H,3-11,24H2,1-2H3,(H,28,34)(H,29,35)(H,30,37)(H,31,36)(H,39,40)(H4,25,26,27)/t13-,14-,15-,18-/m0/s1. The second kappa shape index (κ2) is 16.9. The highest BCUT2D eigenvalue weighted by Gasteiger charge is 2.39. The minimum Gasteiger partial charge on any atom is -0.480 e. The average molecular weight is 572 g/mol. The SMILES string of the molecule is CC(C)[C@H](NC(=O)[C@@H]1CCCN1C(=O)[C@H](CO)NC(=O)CNC(=O)CN)C(=O)N[C@@H](CCCNC(=N)N)C(=O)O. The molecule has 0 saturated carbocycles. The predicted molar refractivity (Wildman–Crippen MR) is 141 cm³/mol. The number of aliphatic hydroxyl groups excluding tert-OH is 1. The number of carbonyl (C=O) groups excluding carboxylic acids is 5. The van der Waals surface area contributed by atoms with E-state index in [0.29, 0.717) is 12.8 Å². The molecule has 0 aromatic rings. The number of nitrogens with one attached hydrogen (secondary N) is 6. The fourth-order valence-corrected chi connectivity index (χ4v) is 4.02. The molecule has 1 saturated heterocycles. The molecule has 0 aromatic heterocycles. The number of aliphatic hydroxyl groups is 1. The van der Waals surface area contributed by atoms with E-state index in [9.17, 15) is 39.0 Å². The van der Waals surface area contributed by atoms with Crippen molar-refractivity contribution in [2.45, 2.75) is 63.7 Å². The lowest BCUT2D eigenvalue weighted by Crippen LogP contribution is -2.59. The number of rotatable bonds is 16. The van der Waals surface area contributed by atoms with Gasteiger partial charge in [0.1, 0.15) is 24.2 Å². The smallest absolute Gasteiger partial charge is 0.326 e. The highest BCUT2D eigenvalue weighted by atomic mass is 16.4. The lowest BCUT2D eigenvalue weighted by atomic mass is 10.0. The van der Waals surface area contributed by atoms with Crippen molar-refractivity contribution in [2.24, 2.45) is 17.4 Å². The van der Waals surface area contributed by atoms with Crippen LogP contribution in [0.4, 0.5) is 0 Å². The number of likely N-dealkylation sites (tertiary alicyclic amines) is 1. The molecule has 0 bridgehead atoms. The number of carboxylic acid groups (broad SMARTS) is 1. The number of carboxylic acids is 1. The normalized spacial score (nSPS) is 16.8. The van der Waals surface area contributed by atoms with Gasteiger partial charge in [0, 0.05) is 13.1 Å². The molecular weight excluding hydrogens is 530 g/mol. The summed E-state index contributed by atoms with van der Waals surface area (Å²) in [6.07, 6.45) is 1.08. The summed E-state index contributed by atoms with van der Waals surface area (Å²) in [5.41, 5.74) is 10.4. The van der Waals surface area contributed by atoms with Gasteiger partial charge in [-0.1, -0.05) is 13.8 Å². The molecule has 0 unspecified atom stereocenters. The van der Waals surface area contributed by atoms with Gasteiger partial charge in [-0.15, -0.1) is 0 Å². The van der Waals surface area contributed by atoms with E-state index in [2.05, 4.69) is 26.6 Å². The third-order valence-corrected chi connectivity index (χ3v) is 6.13. The van der Waals surface area contributed by atoms with Gasteiger partial charge >= 0.3 is 5.97 Å². The highest BCUT2D eigenvalue weighted by Crippen LogP contribution is 2.19. The zero-order chi connectivity index (χ0) is 30.4. The molecule has 0 aromatic carbocycles. The molecule has 226 valence electrons. The second-order valence-corrected chi connectivity index (χ2v) is 9.59. The molecule has 1 aliphatic rings. The van der Waals surface area contributed by atoms with E-state index in [0.717, 1.165) is 0 Å². The number of carbonyl (C=O) groups is 6. The van der Waals surface area contributed by atoms with Crippen molar-refractivity contribution in [3.05, 3.63) is 0 Å². The van der Waals surface area contributed by atoms with Gasteiger partial charge in [0.15, 0.2) is 5.96 Å². The summed E-state index contributed by atoms with van der Waals surface area (Å²) >= 11 is 0. The van der Waals surface area contributed by atoms with E-state index in [1.165, 1.54) is 4.90 Å². The molecule has 4 atom stereocenters. The molecule has 0 radical (unpaired) electrons. The van der Waals surface area contributed by atoms with Gasteiger partial charge in [0.2, 0.25) is 29.5 Å². The van der Waals surface area contributed by atoms with Gasteiger partial charge in [0.25, 0.3) is 0 Å². The third kappa shape index (κ3) is 11.0. The van der Waals surface area contributed by atoms with Gasteiger partial charge < -0.3 is 53.2 Å². The van der Waals surface area contributed by atoms with E-state index < -0.39 is 78.7 Å². The second-order valence-electron chi connectivity index (χ2n) is 9.59. The van der Waals surface area contributed by atoms with Crippen LogP contribution in [-0.2, 0) is 28.8 Å². The Kier molecular flexibility index (Phi) is 14.3. The molecule has 1 heterocycles. The number of nitrogens with zero attached hydrogens (tertiary/aromatic N) is 1. The van der Waals surface area contributed by atoms with E-state index in [1.54, 1.807) is 13.8 Å². The van der Waals surface area contributed by atoms with Crippen LogP contribution in [0.3, 0.4) is 0 Å². The number of amides is 5. The predicted octanol–water partition coefficient (Wildman–Crippen LogP) is -4.50. The number of hydrogen-bond donors (Lipinski definition) is 10. The first-order chi connectivity index (χ1) is 18.8. The summed E-state index contributed by atoms with van der Waals surface area (Å²) in [6, 6.07) is -4.71. The first-order valence-corrected chi connectivity index (χ1v) is 12.9. The monoisotopic (exact) mass is 571 g/mol. The summed E-state index contributed by atoms with van der Waals surface area (Å²) in [7, 11) is 0. The average Bonchev–Trinajstić information content (AvgIpc) is 3.39. The fraction of sp³-hybridized carbons (Fsp3) is 0.696. The van der Waals surface area contributed by atoms with Crippen LogP contribution in [0.2, 0.25) is 0 Å². The number of aliphatic carboxylic acids is 1. The number of hydrogen-bond acceptors (Lipinski definition) is 9. The van der Waals surface area contributed by atoms with Crippen LogP contribution < -0.4 is 38.1 Å². The fourth-order valence-electron chi connectivity index (χ4n) is 4.02. The first-order valence-electron chi connectivity index (χ1n) is 12.9. The highest BCUT2D eigenvalue weighted by molar-refractivity contribution is 5.96. The van der Waals surface area contributed by atoms with Crippen molar-refractivity contribution in [3.63, 3.8) is 0 Å². The molecule has 17 heteroatoms. The Morgan fingerprint density at radius 2 is 1.70 bits per heavy atom. The maximum absolute atomic E-state index is 13.2. The van der Waals surface area contributed by atoms with Crippen molar-refractivity contribution >= 4 is 41.5 Å². The Hall–Kier alpha value is -3.99. The Bertz CT molecular complexity index is 945. The molecule has 5 amide bonds. The molecule has 1 aliphatic heterocycles. The van der Waals surface area contributed by atoms with Crippen molar-refractivity contribution in [2.75, 3.05) is 32.8 Å². The van der Waals surface area contributed by atoms with Crippen LogP contribution in [0.5, 0.6) is 0 Å². The van der Waals surface area contributed by atoms with Gasteiger partial charge in [0.05, 0.1) is 19.7 Å². The van der Waals surface area contributed by atoms with E-state index in [1.807, 2.05) is 0 Å². The molecule has 12 N–H and O–H groups in total. The van der Waals surface area contributed by atoms with Gasteiger partial charge in [-0.2, -0.15) is 0 Å². The zero-order valence-corrected chi connectivity index (χ0v) is 22.7. The Morgan fingerprint density at radius 3 is 2.25 bits per heavy atom. The Morgan fingerprint density at radius 1 is 1.02 bits per heavy atom. The minimum absolute atomic E-state index is 0.0508. The van der Waals surface area contributed by atoms with Gasteiger partial charge in [-0.3, -0.25) is 29.4 Å². The van der Waals surface area contributed by atoms with Gasteiger partial charge in [-0.25, -0.2) is 4.79 Å². The molecular formula is C23H41N9O8. The largest absolute Gasteiger partial charge is 0.480 e. The van der Waals surface area contributed by atoms with Crippen molar-refractivity contribution < 1.29 is 39.0 Å². The maximum Gasteiger partial charge on any atom is 0.326 e. The summed E-state index contributed by atoms with van der Waals surface area (Å²) in [5, 5.41) is 38.4. The van der Waals surface area contributed by atoms with Crippen LogP contribution in [0.15, 0.2) is 0 Å². The molecule has 40 heavy (non-hydrogen) atoms. The summed E-state index contributed by atoms with van der Waals surface area (Å²) in [5.74, 6) is -5.36. The van der Waals surface area contributed by atoms with Gasteiger partial charge in [-0.05, 0) is 31.6 Å². The van der Waals surface area contributed by atoms with Crippen LogP contribution >= 0.6 is 0 Å². The Balaban J connectivity index is 2.85. The number of nitrogens with two attached hydrogens (primary N) is 2. The zero-order valence-electron chi connectivity index (χ0n) is 22.7. The van der Waals surface area contributed by atoms with E-state index >= 15 is 0 Å². The summed E-state index contributed by atoms with van der Waals surface area (Å²) < 4.78 is 0. The van der Waals surface area contributed by atoms with Crippen molar-refractivity contribution in [3.8, 4) is 0 Å². The van der Waals surface area contributed by atoms with Crippen LogP contribution in [0.1, 0.15) is 39.5 Å².